The number of rotatable bonds is 4. The van der Waals surface area contributed by atoms with E-state index >= 15 is 0 Å². The van der Waals surface area contributed by atoms with Crippen LogP contribution in [0.1, 0.15) is 24.5 Å². The Labute approximate surface area is 108 Å². The summed E-state index contributed by atoms with van der Waals surface area (Å²) >= 11 is 0. The molecule has 2 aromatic rings. The Morgan fingerprint density at radius 2 is 1.50 bits per heavy atom. The Kier molecular flexibility index (Phi) is 3.68. The highest BCUT2D eigenvalue weighted by Crippen LogP contribution is 2.31. The maximum atomic E-state index is 6.59. The van der Waals surface area contributed by atoms with Crippen LogP contribution in [0.3, 0.4) is 0 Å². The number of benzene rings is 2. The fourth-order valence-electron chi connectivity index (χ4n) is 2.20. The molecule has 0 amide bonds. The quantitative estimate of drug-likeness (QED) is 0.891. The summed E-state index contributed by atoms with van der Waals surface area (Å²) in [5, 5.41) is 0. The van der Waals surface area contributed by atoms with Crippen LogP contribution in [0.25, 0.3) is 0 Å². The first-order valence-electron chi connectivity index (χ1n) is 6.19. The molecule has 0 saturated heterocycles. The maximum Gasteiger partial charge on any atom is 0.118 e. The SMILES string of the molecule is CCC(N)(c1ccccc1)c1ccc(OC)cc1. The molecule has 0 heterocycles. The Bertz CT molecular complexity index is 492. The van der Waals surface area contributed by atoms with Crippen molar-refractivity contribution in [2.75, 3.05) is 7.11 Å². The van der Waals surface area contributed by atoms with Crippen LogP contribution in [0.4, 0.5) is 0 Å². The highest BCUT2D eigenvalue weighted by atomic mass is 16.5. The van der Waals surface area contributed by atoms with Gasteiger partial charge in [0, 0.05) is 0 Å². The topological polar surface area (TPSA) is 35.2 Å². The molecule has 94 valence electrons. The van der Waals surface area contributed by atoms with Gasteiger partial charge in [0.1, 0.15) is 5.75 Å². The summed E-state index contributed by atoms with van der Waals surface area (Å²) < 4.78 is 5.18. The first-order valence-corrected chi connectivity index (χ1v) is 6.19. The molecule has 1 atom stereocenters. The van der Waals surface area contributed by atoms with E-state index in [0.717, 1.165) is 23.3 Å². The van der Waals surface area contributed by atoms with Crippen LogP contribution in [0.2, 0.25) is 0 Å². The minimum absolute atomic E-state index is 0.437. The second-order valence-electron chi connectivity index (χ2n) is 4.42. The molecule has 1 unspecified atom stereocenters. The van der Waals surface area contributed by atoms with Gasteiger partial charge in [-0.25, -0.2) is 0 Å². The number of ether oxygens (including phenoxy) is 1. The molecule has 0 aliphatic rings. The first kappa shape index (κ1) is 12.7. The highest BCUT2D eigenvalue weighted by Gasteiger charge is 2.27. The zero-order valence-corrected chi connectivity index (χ0v) is 10.9. The average molecular weight is 241 g/mol. The third kappa shape index (κ3) is 2.24. The first-order chi connectivity index (χ1) is 8.70. The Balaban J connectivity index is 2.43. The Morgan fingerprint density at radius 1 is 0.944 bits per heavy atom. The van der Waals surface area contributed by atoms with E-state index in [1.54, 1.807) is 7.11 Å². The predicted molar refractivity (Wildman–Crippen MR) is 74.7 cm³/mol. The van der Waals surface area contributed by atoms with Gasteiger partial charge in [-0.1, -0.05) is 49.4 Å². The molecule has 2 heteroatoms. The molecule has 0 radical (unpaired) electrons. The normalized spacial score (nSPS) is 13.9. The summed E-state index contributed by atoms with van der Waals surface area (Å²) in [4.78, 5) is 0. The minimum atomic E-state index is -0.437. The monoisotopic (exact) mass is 241 g/mol. The molecule has 0 aliphatic heterocycles. The van der Waals surface area contributed by atoms with Gasteiger partial charge in [-0.3, -0.25) is 0 Å². The molecule has 18 heavy (non-hydrogen) atoms. The van der Waals surface area contributed by atoms with Crippen molar-refractivity contribution in [2.24, 2.45) is 5.73 Å². The van der Waals surface area contributed by atoms with Crippen LogP contribution in [-0.4, -0.2) is 7.11 Å². The Morgan fingerprint density at radius 3 is 2.00 bits per heavy atom. The fraction of sp³-hybridized carbons (Fsp3) is 0.250. The van der Waals surface area contributed by atoms with E-state index in [4.69, 9.17) is 10.5 Å². The molecule has 2 N–H and O–H groups in total. The molecule has 0 aliphatic carbocycles. The lowest BCUT2D eigenvalue weighted by Gasteiger charge is -2.29. The number of hydrogen-bond acceptors (Lipinski definition) is 2. The van der Waals surface area contributed by atoms with E-state index in [0.29, 0.717) is 0 Å². The lowest BCUT2D eigenvalue weighted by Crippen LogP contribution is -2.37. The molecular weight excluding hydrogens is 222 g/mol. The van der Waals surface area contributed by atoms with Crippen molar-refractivity contribution in [2.45, 2.75) is 18.9 Å². The summed E-state index contributed by atoms with van der Waals surface area (Å²) in [6.45, 7) is 2.11. The van der Waals surface area contributed by atoms with Gasteiger partial charge in [-0.15, -0.1) is 0 Å². The largest absolute Gasteiger partial charge is 0.497 e. The van der Waals surface area contributed by atoms with Crippen LogP contribution in [0.15, 0.2) is 54.6 Å². The van der Waals surface area contributed by atoms with Gasteiger partial charge >= 0.3 is 0 Å². The van der Waals surface area contributed by atoms with Gasteiger partial charge in [0.15, 0.2) is 0 Å². The average Bonchev–Trinajstić information content (AvgIpc) is 2.47. The van der Waals surface area contributed by atoms with Crippen molar-refractivity contribution < 1.29 is 4.74 Å². The van der Waals surface area contributed by atoms with Gasteiger partial charge in [0.2, 0.25) is 0 Å². The second kappa shape index (κ2) is 5.23. The van der Waals surface area contributed by atoms with Crippen molar-refractivity contribution in [3.8, 4) is 5.75 Å². The summed E-state index contributed by atoms with van der Waals surface area (Å²) in [7, 11) is 1.67. The molecule has 0 fully saturated rings. The van der Waals surface area contributed by atoms with Gasteiger partial charge < -0.3 is 10.5 Å². The van der Waals surface area contributed by atoms with Gasteiger partial charge in [-0.05, 0) is 29.7 Å². The van der Waals surface area contributed by atoms with Gasteiger partial charge in [-0.2, -0.15) is 0 Å². The molecule has 0 aromatic heterocycles. The van der Waals surface area contributed by atoms with E-state index in [1.807, 2.05) is 42.5 Å². The molecule has 0 bridgehead atoms. The summed E-state index contributed by atoms with van der Waals surface area (Å²) in [6.07, 6.45) is 0.851. The smallest absolute Gasteiger partial charge is 0.118 e. The second-order valence-corrected chi connectivity index (χ2v) is 4.42. The fourth-order valence-corrected chi connectivity index (χ4v) is 2.20. The summed E-state index contributed by atoms with van der Waals surface area (Å²) in [6, 6.07) is 18.2. The molecule has 2 nitrogen and oxygen atoms in total. The predicted octanol–water partition coefficient (Wildman–Crippen LogP) is 3.31. The summed E-state index contributed by atoms with van der Waals surface area (Å²) in [5.41, 5.74) is 8.40. The van der Waals surface area contributed by atoms with Crippen molar-refractivity contribution >= 4 is 0 Å². The molecule has 2 rings (SSSR count). The third-order valence-electron chi connectivity index (χ3n) is 3.45. The molecule has 2 aromatic carbocycles. The lowest BCUT2D eigenvalue weighted by molar-refractivity contribution is 0.414. The minimum Gasteiger partial charge on any atom is -0.497 e. The van der Waals surface area contributed by atoms with Crippen LogP contribution in [0, 0.1) is 0 Å². The summed E-state index contributed by atoms with van der Waals surface area (Å²) in [5.74, 6) is 0.852. The standard InChI is InChI=1S/C16H19NO/c1-3-16(17,13-7-5-4-6-8-13)14-9-11-15(18-2)12-10-14/h4-12H,3,17H2,1-2H3. The molecule has 0 saturated carbocycles. The Hall–Kier alpha value is -1.80. The van der Waals surface area contributed by atoms with Crippen molar-refractivity contribution in [3.63, 3.8) is 0 Å². The number of methoxy groups -OCH3 is 1. The van der Waals surface area contributed by atoms with Crippen LogP contribution in [-0.2, 0) is 5.54 Å². The third-order valence-corrected chi connectivity index (χ3v) is 3.45. The van der Waals surface area contributed by atoms with Gasteiger partial charge in [0.25, 0.3) is 0 Å². The lowest BCUT2D eigenvalue weighted by atomic mass is 9.82. The molecular formula is C16H19NO. The maximum absolute atomic E-state index is 6.59. The number of hydrogen-bond donors (Lipinski definition) is 1. The van der Waals surface area contributed by atoms with Gasteiger partial charge in [0.05, 0.1) is 12.6 Å². The van der Waals surface area contributed by atoms with Crippen LogP contribution in [0.5, 0.6) is 5.75 Å². The van der Waals surface area contributed by atoms with Crippen LogP contribution >= 0.6 is 0 Å². The molecule has 0 spiro atoms. The van der Waals surface area contributed by atoms with E-state index in [-0.39, 0.29) is 0 Å². The van der Waals surface area contributed by atoms with E-state index < -0.39 is 5.54 Å². The zero-order chi connectivity index (χ0) is 13.0. The van der Waals surface area contributed by atoms with E-state index in [1.165, 1.54) is 0 Å². The van der Waals surface area contributed by atoms with E-state index in [2.05, 4.69) is 19.1 Å². The number of nitrogens with two attached hydrogens (primary N) is 1. The highest BCUT2D eigenvalue weighted by molar-refractivity contribution is 5.40. The van der Waals surface area contributed by atoms with E-state index in [9.17, 15) is 0 Å². The zero-order valence-electron chi connectivity index (χ0n) is 10.9. The van der Waals surface area contributed by atoms with Crippen molar-refractivity contribution in [1.82, 2.24) is 0 Å². The van der Waals surface area contributed by atoms with Crippen LogP contribution < -0.4 is 10.5 Å². The van der Waals surface area contributed by atoms with Crippen molar-refractivity contribution in [3.05, 3.63) is 65.7 Å². The van der Waals surface area contributed by atoms with Crippen molar-refractivity contribution in [1.29, 1.82) is 0 Å².